The molecule has 122 valence electrons. The highest BCUT2D eigenvalue weighted by Crippen LogP contribution is 2.26. The van der Waals surface area contributed by atoms with Gasteiger partial charge in [0.05, 0.1) is 8.07 Å². The van der Waals surface area contributed by atoms with E-state index in [9.17, 15) is 0 Å². The fourth-order valence-electron chi connectivity index (χ4n) is 2.28. The molecule has 0 aliphatic carbocycles. The average Bonchev–Trinajstić information content (AvgIpc) is 2.40. The smallest absolute Gasteiger partial charge is 0.242 e. The topological polar surface area (TPSA) is 9.23 Å². The predicted molar refractivity (Wildman–Crippen MR) is 104 cm³/mol. The number of hydrogen-bond acceptors (Lipinski definition) is 1. The van der Waals surface area contributed by atoms with Crippen LogP contribution in [-0.2, 0) is 4.43 Å². The van der Waals surface area contributed by atoms with Crippen LogP contribution in [0.2, 0.25) is 39.3 Å². The van der Waals surface area contributed by atoms with Crippen molar-refractivity contribution in [2.45, 2.75) is 65.5 Å². The lowest BCUT2D eigenvalue weighted by Gasteiger charge is -2.23. The summed E-state index contributed by atoms with van der Waals surface area (Å²) in [7, 11) is -3.08. The third-order valence-electron chi connectivity index (χ3n) is 3.26. The first-order valence-corrected chi connectivity index (χ1v) is 15.3. The molecule has 0 fully saturated rings. The Kier molecular flexibility index (Phi) is 6.92. The summed E-state index contributed by atoms with van der Waals surface area (Å²) in [6.45, 7) is 16.1. The fraction of sp³-hybridized carbons (Fsp3) is 0.526. The summed E-state index contributed by atoms with van der Waals surface area (Å²) in [5.74, 6) is 1.07. The Bertz CT molecular complexity index is 527. The summed E-state index contributed by atoms with van der Waals surface area (Å²) in [4.78, 5) is 0. The minimum absolute atomic E-state index is 1.00. The van der Waals surface area contributed by atoms with Gasteiger partial charge >= 0.3 is 0 Å². The van der Waals surface area contributed by atoms with Gasteiger partial charge in [-0.2, -0.15) is 0 Å². The first-order chi connectivity index (χ1) is 10.1. The zero-order valence-electron chi connectivity index (χ0n) is 15.4. The summed E-state index contributed by atoms with van der Waals surface area (Å²) >= 11 is 0. The molecule has 0 aliphatic heterocycles. The van der Waals surface area contributed by atoms with Gasteiger partial charge in [-0.3, -0.25) is 0 Å². The van der Waals surface area contributed by atoms with E-state index in [1.54, 1.807) is 0 Å². The van der Waals surface area contributed by atoms with E-state index in [1.807, 2.05) is 0 Å². The summed E-state index contributed by atoms with van der Waals surface area (Å²) in [6, 6.07) is 10.7. The van der Waals surface area contributed by atoms with E-state index in [4.69, 9.17) is 4.43 Å². The highest BCUT2D eigenvalue weighted by atomic mass is 28.4. The molecule has 0 radical (unpaired) electrons. The average molecular weight is 333 g/mol. The first kappa shape index (κ1) is 19.0. The van der Waals surface area contributed by atoms with Gasteiger partial charge in [0.15, 0.2) is 0 Å². The maximum absolute atomic E-state index is 6.33. The van der Waals surface area contributed by atoms with Crippen molar-refractivity contribution in [3.8, 4) is 0 Å². The minimum atomic E-state index is -1.59. The van der Waals surface area contributed by atoms with Crippen LogP contribution >= 0.6 is 0 Å². The van der Waals surface area contributed by atoms with Crippen LogP contribution < -0.4 is 0 Å². The molecule has 1 aromatic rings. The highest BCUT2D eigenvalue weighted by Gasteiger charge is 2.23. The summed E-state index contributed by atoms with van der Waals surface area (Å²) in [5, 5.41) is 1.37. The van der Waals surface area contributed by atoms with Crippen LogP contribution in [0.4, 0.5) is 0 Å². The molecule has 1 nitrogen and oxygen atoms in total. The number of unbranched alkanes of at least 4 members (excludes halogenated alkanes) is 1. The lowest BCUT2D eigenvalue weighted by Crippen LogP contribution is -2.25. The van der Waals surface area contributed by atoms with E-state index in [0.29, 0.717) is 0 Å². The summed E-state index contributed by atoms with van der Waals surface area (Å²) in [6.07, 6.45) is 3.36. The second-order valence-electron chi connectivity index (χ2n) is 7.86. The molecule has 1 rings (SSSR count). The van der Waals surface area contributed by atoms with E-state index in [0.717, 1.165) is 12.2 Å². The molecule has 0 unspecified atom stereocenters. The third-order valence-corrected chi connectivity index (χ3v) is 6.04. The van der Waals surface area contributed by atoms with Crippen molar-refractivity contribution in [3.63, 3.8) is 0 Å². The molecule has 0 bridgehead atoms. The van der Waals surface area contributed by atoms with Crippen LogP contribution in [0.1, 0.15) is 31.7 Å². The second-order valence-corrected chi connectivity index (χ2v) is 17.3. The molecule has 0 saturated heterocycles. The normalized spacial score (nSPS) is 11.8. The zero-order chi connectivity index (χ0) is 16.8. The second kappa shape index (κ2) is 8.00. The molecule has 0 N–H and O–H groups in total. The van der Waals surface area contributed by atoms with Gasteiger partial charge in [0.25, 0.3) is 0 Å². The van der Waals surface area contributed by atoms with Crippen molar-refractivity contribution in [2.24, 2.45) is 0 Å². The Morgan fingerprint density at radius 2 is 1.59 bits per heavy atom. The van der Waals surface area contributed by atoms with Gasteiger partial charge in [0.1, 0.15) is 5.76 Å². The maximum atomic E-state index is 6.33. The lowest BCUT2D eigenvalue weighted by molar-refractivity contribution is 0.396. The van der Waals surface area contributed by atoms with E-state index in [2.05, 4.69) is 82.3 Å². The molecule has 0 saturated carbocycles. The summed E-state index contributed by atoms with van der Waals surface area (Å²) in [5.41, 5.74) is 5.01. The Labute approximate surface area is 139 Å². The van der Waals surface area contributed by atoms with Gasteiger partial charge in [-0.05, 0) is 36.8 Å². The first-order valence-electron chi connectivity index (χ1n) is 8.38. The molecule has 0 heterocycles. The Morgan fingerprint density at radius 1 is 1.00 bits per heavy atom. The van der Waals surface area contributed by atoms with E-state index >= 15 is 0 Å². The largest absolute Gasteiger partial charge is 0.542 e. The van der Waals surface area contributed by atoms with E-state index in [1.165, 1.54) is 23.6 Å². The van der Waals surface area contributed by atoms with Gasteiger partial charge in [-0.15, -0.1) is 0 Å². The molecular weight excluding hydrogens is 300 g/mol. The lowest BCUT2D eigenvalue weighted by atomic mass is 10.2. The van der Waals surface area contributed by atoms with Gasteiger partial charge in [0, 0.05) is 6.42 Å². The van der Waals surface area contributed by atoms with E-state index < -0.39 is 16.4 Å². The maximum Gasteiger partial charge on any atom is 0.242 e. The zero-order valence-corrected chi connectivity index (χ0v) is 17.4. The van der Waals surface area contributed by atoms with Crippen LogP contribution in [0.25, 0.3) is 5.20 Å². The molecule has 22 heavy (non-hydrogen) atoms. The highest BCUT2D eigenvalue weighted by molar-refractivity contribution is 6.93. The van der Waals surface area contributed by atoms with Crippen molar-refractivity contribution in [3.05, 3.63) is 47.4 Å². The van der Waals surface area contributed by atoms with Crippen molar-refractivity contribution in [1.82, 2.24) is 0 Å². The third kappa shape index (κ3) is 6.82. The predicted octanol–water partition coefficient (Wildman–Crippen LogP) is 6.47. The van der Waals surface area contributed by atoms with Gasteiger partial charge in [-0.25, -0.2) is 0 Å². The van der Waals surface area contributed by atoms with Crippen molar-refractivity contribution in [2.75, 3.05) is 0 Å². The van der Waals surface area contributed by atoms with E-state index in [-0.39, 0.29) is 0 Å². The molecule has 0 spiro atoms. The van der Waals surface area contributed by atoms with Crippen LogP contribution in [-0.4, -0.2) is 16.4 Å². The van der Waals surface area contributed by atoms with Crippen LogP contribution in [0.5, 0.6) is 0 Å². The van der Waals surface area contributed by atoms with Crippen molar-refractivity contribution in [1.29, 1.82) is 0 Å². The molecule has 1 aromatic carbocycles. The number of allylic oxidation sites excluding steroid dienone is 1. The number of rotatable bonds is 7. The SMILES string of the molecule is CCCCC(=C=C(c1ccccc1)[Si](C)(C)C)O[Si](C)(C)C. The van der Waals surface area contributed by atoms with Crippen molar-refractivity contribution < 1.29 is 4.43 Å². The molecule has 0 atom stereocenters. The Morgan fingerprint density at radius 3 is 2.05 bits per heavy atom. The fourth-order valence-corrected chi connectivity index (χ4v) is 4.72. The standard InChI is InChI=1S/C19H32OSi2/c1-8-9-15-18(20-22(5,6)7)16-19(21(2,3)4)17-13-11-10-12-14-17/h10-14H,8-9,15H2,1-7H3. The summed E-state index contributed by atoms with van der Waals surface area (Å²) < 4.78 is 6.33. The van der Waals surface area contributed by atoms with Crippen LogP contribution in [0.3, 0.4) is 0 Å². The van der Waals surface area contributed by atoms with Gasteiger partial charge in [-0.1, -0.05) is 69.0 Å². The molecule has 0 amide bonds. The van der Waals surface area contributed by atoms with Gasteiger partial charge in [0.2, 0.25) is 8.32 Å². The molecule has 0 aliphatic rings. The van der Waals surface area contributed by atoms with Crippen LogP contribution in [0.15, 0.2) is 41.8 Å². The molecule has 0 aromatic heterocycles. The molecular formula is C19H32OSi2. The number of benzene rings is 1. The van der Waals surface area contributed by atoms with Crippen LogP contribution in [0, 0.1) is 0 Å². The Hall–Kier alpha value is -1.03. The minimum Gasteiger partial charge on any atom is -0.542 e. The quantitative estimate of drug-likeness (QED) is 0.316. The molecule has 3 heteroatoms. The monoisotopic (exact) mass is 332 g/mol. The van der Waals surface area contributed by atoms with Crippen molar-refractivity contribution >= 4 is 21.6 Å². The Balaban J connectivity index is 3.39. The number of hydrogen-bond donors (Lipinski definition) is 0. The van der Waals surface area contributed by atoms with Gasteiger partial charge < -0.3 is 4.43 Å².